The van der Waals surface area contributed by atoms with Crippen LogP contribution in [0.25, 0.3) is 0 Å². The lowest BCUT2D eigenvalue weighted by molar-refractivity contribution is 0.300. The Balaban J connectivity index is 4.08. The first-order valence-electron chi connectivity index (χ1n) is 4.10. The highest BCUT2D eigenvalue weighted by atomic mass is 32.2. The highest BCUT2D eigenvalue weighted by Crippen LogP contribution is 2.00. The summed E-state index contributed by atoms with van der Waals surface area (Å²) in [7, 11) is -3.86. The molecule has 74 valence electrons. The summed E-state index contributed by atoms with van der Waals surface area (Å²) < 4.78 is 29.9. The normalized spacial score (nSPS) is 15.1. The van der Waals surface area contributed by atoms with Crippen LogP contribution in [-0.2, 0) is 10.1 Å². The second-order valence-electron chi connectivity index (χ2n) is 2.81. The van der Waals surface area contributed by atoms with Gasteiger partial charge in [0.15, 0.2) is 0 Å². The number of rotatable bonds is 5. The summed E-state index contributed by atoms with van der Waals surface area (Å²) in [5.41, 5.74) is 0. The van der Waals surface area contributed by atoms with E-state index in [-0.39, 0.29) is 0 Å². The highest BCUT2D eigenvalue weighted by Gasteiger charge is 2.18. The second-order valence-corrected chi connectivity index (χ2v) is 4.65. The van der Waals surface area contributed by atoms with Crippen LogP contribution in [0.2, 0.25) is 0 Å². The zero-order valence-electron chi connectivity index (χ0n) is 7.82. The summed E-state index contributed by atoms with van der Waals surface area (Å²) >= 11 is 0. The maximum Gasteiger partial charge on any atom is 0.268 e. The number of hydrogen-bond acceptors (Lipinski definition) is 3. The Morgan fingerprint density at radius 3 is 2.00 bits per heavy atom. The molecule has 0 spiro atoms. The zero-order chi connectivity index (χ0) is 9.78. The molecule has 5 heteroatoms. The molecular formula is C7H17NO3S. The Bertz CT molecular complexity index is 209. The van der Waals surface area contributed by atoms with Gasteiger partial charge < -0.3 is 4.90 Å². The van der Waals surface area contributed by atoms with Gasteiger partial charge in [-0.1, -0.05) is 13.8 Å². The third-order valence-electron chi connectivity index (χ3n) is 1.92. The van der Waals surface area contributed by atoms with Gasteiger partial charge in [-0.05, 0) is 20.0 Å². The molecule has 1 unspecified atom stereocenters. The molecule has 0 saturated carbocycles. The summed E-state index contributed by atoms with van der Waals surface area (Å²) in [5, 5.41) is -0.697. The predicted molar refractivity (Wildman–Crippen MR) is 48.8 cm³/mol. The van der Waals surface area contributed by atoms with Crippen molar-refractivity contribution in [2.75, 3.05) is 19.6 Å². The number of nitrogens with zero attached hydrogens (tertiary/aromatic N) is 1. The molecule has 4 nitrogen and oxygen atoms in total. The topological polar surface area (TPSA) is 57.6 Å². The van der Waals surface area contributed by atoms with Gasteiger partial charge in [0.1, 0.15) is 0 Å². The van der Waals surface area contributed by atoms with Gasteiger partial charge in [-0.2, -0.15) is 8.42 Å². The minimum Gasteiger partial charge on any atom is -0.303 e. The van der Waals surface area contributed by atoms with Gasteiger partial charge in [-0.25, -0.2) is 0 Å². The third kappa shape index (κ3) is 4.04. The van der Waals surface area contributed by atoms with E-state index in [0.29, 0.717) is 6.54 Å². The van der Waals surface area contributed by atoms with Crippen molar-refractivity contribution >= 4 is 10.1 Å². The van der Waals surface area contributed by atoms with Crippen molar-refractivity contribution in [3.8, 4) is 0 Å². The molecule has 1 N–H and O–H groups in total. The van der Waals surface area contributed by atoms with Crippen LogP contribution in [0, 0.1) is 0 Å². The van der Waals surface area contributed by atoms with Gasteiger partial charge in [-0.15, -0.1) is 0 Å². The first-order valence-corrected chi connectivity index (χ1v) is 5.60. The largest absolute Gasteiger partial charge is 0.303 e. The Labute approximate surface area is 74.3 Å². The molecule has 0 aliphatic heterocycles. The standard InChI is InChI=1S/C7H17NO3S/c1-4-8(5-2)6-7(3)12(9,10)11/h7H,4-6H2,1-3H3,(H,9,10,11). The van der Waals surface area contributed by atoms with Gasteiger partial charge in [0, 0.05) is 6.54 Å². The molecule has 1 atom stereocenters. The Morgan fingerprint density at radius 1 is 1.33 bits per heavy atom. The summed E-state index contributed by atoms with van der Waals surface area (Å²) in [5.74, 6) is 0. The SMILES string of the molecule is CCN(CC)CC(C)S(=O)(=O)O. The van der Waals surface area contributed by atoms with E-state index in [1.165, 1.54) is 6.92 Å². The zero-order valence-corrected chi connectivity index (χ0v) is 8.63. The minimum absolute atomic E-state index is 0.395. The van der Waals surface area contributed by atoms with E-state index in [0.717, 1.165) is 13.1 Å². The monoisotopic (exact) mass is 195 g/mol. The average molecular weight is 195 g/mol. The smallest absolute Gasteiger partial charge is 0.268 e. The maximum atomic E-state index is 10.6. The van der Waals surface area contributed by atoms with Crippen molar-refractivity contribution in [1.29, 1.82) is 0 Å². The molecule has 0 aromatic carbocycles. The van der Waals surface area contributed by atoms with E-state index in [1.54, 1.807) is 0 Å². The van der Waals surface area contributed by atoms with E-state index in [2.05, 4.69) is 0 Å². The molecule has 0 aromatic heterocycles. The van der Waals surface area contributed by atoms with Crippen molar-refractivity contribution in [1.82, 2.24) is 4.90 Å². The number of hydrogen-bond donors (Lipinski definition) is 1. The molecule has 0 radical (unpaired) electrons. The quantitative estimate of drug-likeness (QED) is 0.653. The van der Waals surface area contributed by atoms with Crippen molar-refractivity contribution < 1.29 is 13.0 Å². The van der Waals surface area contributed by atoms with Crippen LogP contribution >= 0.6 is 0 Å². The molecule has 12 heavy (non-hydrogen) atoms. The summed E-state index contributed by atoms with van der Waals surface area (Å²) in [6.07, 6.45) is 0. The summed E-state index contributed by atoms with van der Waals surface area (Å²) in [6, 6.07) is 0. The van der Waals surface area contributed by atoms with E-state index >= 15 is 0 Å². The maximum absolute atomic E-state index is 10.6. The fourth-order valence-electron chi connectivity index (χ4n) is 0.940. The van der Waals surface area contributed by atoms with Crippen LogP contribution in [-0.4, -0.2) is 42.8 Å². The van der Waals surface area contributed by atoms with Crippen LogP contribution < -0.4 is 0 Å². The Hall–Kier alpha value is -0.130. The third-order valence-corrected chi connectivity index (χ3v) is 3.08. The van der Waals surface area contributed by atoms with Crippen LogP contribution in [0.5, 0.6) is 0 Å². The fourth-order valence-corrected chi connectivity index (χ4v) is 1.34. The second kappa shape index (κ2) is 4.79. The summed E-state index contributed by atoms with van der Waals surface area (Å²) in [4.78, 5) is 1.96. The van der Waals surface area contributed by atoms with Crippen molar-refractivity contribution in [3.05, 3.63) is 0 Å². The molecular weight excluding hydrogens is 178 g/mol. The average Bonchev–Trinajstić information content (AvgIpc) is 1.97. The highest BCUT2D eigenvalue weighted by molar-refractivity contribution is 7.86. The van der Waals surface area contributed by atoms with E-state index in [4.69, 9.17) is 4.55 Å². The molecule has 0 rings (SSSR count). The first kappa shape index (κ1) is 11.9. The minimum atomic E-state index is -3.86. The molecule has 0 aliphatic carbocycles. The molecule has 0 aliphatic rings. The van der Waals surface area contributed by atoms with Gasteiger partial charge in [0.05, 0.1) is 5.25 Å². The van der Waals surface area contributed by atoms with Crippen LogP contribution in [0.15, 0.2) is 0 Å². The lowest BCUT2D eigenvalue weighted by Gasteiger charge is -2.20. The summed E-state index contributed by atoms with van der Waals surface area (Å²) in [6.45, 7) is 7.42. The van der Waals surface area contributed by atoms with E-state index < -0.39 is 15.4 Å². The predicted octanol–water partition coefficient (Wildman–Crippen LogP) is 0.605. The van der Waals surface area contributed by atoms with Crippen molar-refractivity contribution in [2.45, 2.75) is 26.0 Å². The first-order chi connectivity index (χ1) is 5.41. The van der Waals surface area contributed by atoms with Crippen LogP contribution in [0.1, 0.15) is 20.8 Å². The lowest BCUT2D eigenvalue weighted by atomic mass is 10.4. The molecule has 0 aromatic rings. The van der Waals surface area contributed by atoms with E-state index in [9.17, 15) is 8.42 Å². The lowest BCUT2D eigenvalue weighted by Crippen LogP contribution is -2.34. The Morgan fingerprint density at radius 2 is 1.75 bits per heavy atom. The molecule has 0 amide bonds. The molecule has 0 saturated heterocycles. The Kier molecular flexibility index (Phi) is 4.74. The van der Waals surface area contributed by atoms with Crippen molar-refractivity contribution in [3.63, 3.8) is 0 Å². The van der Waals surface area contributed by atoms with E-state index in [1.807, 2.05) is 18.7 Å². The van der Waals surface area contributed by atoms with Crippen molar-refractivity contribution in [2.24, 2.45) is 0 Å². The molecule has 0 bridgehead atoms. The van der Waals surface area contributed by atoms with Crippen LogP contribution in [0.3, 0.4) is 0 Å². The van der Waals surface area contributed by atoms with Gasteiger partial charge in [-0.3, -0.25) is 4.55 Å². The van der Waals surface area contributed by atoms with Gasteiger partial charge in [0.25, 0.3) is 10.1 Å². The van der Waals surface area contributed by atoms with Gasteiger partial charge in [0.2, 0.25) is 0 Å². The van der Waals surface area contributed by atoms with Crippen LogP contribution in [0.4, 0.5) is 0 Å². The molecule has 0 fully saturated rings. The molecule has 0 heterocycles. The fraction of sp³-hybridized carbons (Fsp3) is 1.00. The van der Waals surface area contributed by atoms with Gasteiger partial charge >= 0.3 is 0 Å².